The molecule has 1 aliphatic rings. The van der Waals surface area contributed by atoms with Crippen molar-refractivity contribution >= 4 is 11.8 Å². The smallest absolute Gasteiger partial charge is 0.0226 e. The molecule has 1 saturated heterocycles. The Kier molecular flexibility index (Phi) is 7.56. The Morgan fingerprint density at radius 2 is 2.06 bits per heavy atom. The third kappa shape index (κ3) is 5.19. The molecule has 17 heavy (non-hydrogen) atoms. The summed E-state index contributed by atoms with van der Waals surface area (Å²) in [6.07, 6.45) is 7.58. The highest BCUT2D eigenvalue weighted by Crippen LogP contribution is 2.25. The summed E-state index contributed by atoms with van der Waals surface area (Å²) in [5.74, 6) is 3.02. The van der Waals surface area contributed by atoms with Crippen molar-refractivity contribution < 1.29 is 0 Å². The quantitative estimate of drug-likeness (QED) is 0.794. The molecule has 0 aromatic rings. The van der Waals surface area contributed by atoms with Crippen LogP contribution in [0.4, 0.5) is 0 Å². The lowest BCUT2D eigenvalue weighted by atomic mass is 9.89. The molecule has 0 radical (unpaired) electrons. The maximum absolute atomic E-state index is 5.94. The number of hydrogen-bond donors (Lipinski definition) is 1. The van der Waals surface area contributed by atoms with Crippen LogP contribution in [0, 0.1) is 11.8 Å². The molecule has 0 amide bonds. The zero-order valence-corrected chi connectivity index (χ0v) is 12.6. The van der Waals surface area contributed by atoms with Crippen molar-refractivity contribution in [2.45, 2.75) is 45.6 Å². The molecule has 3 heteroatoms. The van der Waals surface area contributed by atoms with Gasteiger partial charge in [-0.15, -0.1) is 0 Å². The van der Waals surface area contributed by atoms with E-state index in [2.05, 4.69) is 25.0 Å². The van der Waals surface area contributed by atoms with E-state index in [9.17, 15) is 0 Å². The van der Waals surface area contributed by atoms with E-state index in [0.29, 0.717) is 6.04 Å². The SMILES string of the molecule is CSCCC(CN)N1CCCC(C(C)C)CC1. The largest absolute Gasteiger partial charge is 0.329 e. The van der Waals surface area contributed by atoms with Crippen LogP contribution in [-0.2, 0) is 0 Å². The Balaban J connectivity index is 2.42. The van der Waals surface area contributed by atoms with Gasteiger partial charge in [0.1, 0.15) is 0 Å². The minimum absolute atomic E-state index is 0.619. The van der Waals surface area contributed by atoms with Crippen molar-refractivity contribution in [3.63, 3.8) is 0 Å². The topological polar surface area (TPSA) is 29.3 Å². The summed E-state index contributed by atoms with van der Waals surface area (Å²) in [5, 5.41) is 0. The summed E-state index contributed by atoms with van der Waals surface area (Å²) in [6, 6.07) is 0.619. The standard InChI is InChI=1S/C14H30N2S/c1-12(2)13-5-4-8-16(9-6-13)14(11-15)7-10-17-3/h12-14H,4-11,15H2,1-3H3. The van der Waals surface area contributed by atoms with Crippen LogP contribution in [0.2, 0.25) is 0 Å². The van der Waals surface area contributed by atoms with Crippen LogP contribution in [-0.4, -0.2) is 42.6 Å². The molecule has 0 bridgehead atoms. The van der Waals surface area contributed by atoms with Crippen LogP contribution >= 0.6 is 11.8 Å². The van der Waals surface area contributed by atoms with Gasteiger partial charge >= 0.3 is 0 Å². The van der Waals surface area contributed by atoms with Crippen molar-refractivity contribution in [3.8, 4) is 0 Å². The number of nitrogens with zero attached hydrogens (tertiary/aromatic N) is 1. The zero-order valence-electron chi connectivity index (χ0n) is 11.8. The third-order valence-electron chi connectivity index (χ3n) is 4.19. The average molecular weight is 258 g/mol. The van der Waals surface area contributed by atoms with E-state index in [-0.39, 0.29) is 0 Å². The lowest BCUT2D eigenvalue weighted by molar-refractivity contribution is 0.198. The normalized spacial score (nSPS) is 24.9. The van der Waals surface area contributed by atoms with Gasteiger partial charge in [0, 0.05) is 12.6 Å². The summed E-state index contributed by atoms with van der Waals surface area (Å²) in [6.45, 7) is 8.09. The van der Waals surface area contributed by atoms with Gasteiger partial charge in [-0.3, -0.25) is 4.90 Å². The number of rotatable bonds is 6. The van der Waals surface area contributed by atoms with Gasteiger partial charge in [0.15, 0.2) is 0 Å². The van der Waals surface area contributed by atoms with Gasteiger partial charge in [0.25, 0.3) is 0 Å². The molecule has 0 aromatic carbocycles. The highest BCUT2D eigenvalue weighted by molar-refractivity contribution is 7.98. The summed E-state index contributed by atoms with van der Waals surface area (Å²) < 4.78 is 0. The van der Waals surface area contributed by atoms with E-state index in [1.165, 1.54) is 44.5 Å². The molecule has 2 nitrogen and oxygen atoms in total. The summed E-state index contributed by atoms with van der Waals surface area (Å²) in [4.78, 5) is 2.65. The fourth-order valence-electron chi connectivity index (χ4n) is 2.88. The van der Waals surface area contributed by atoms with Gasteiger partial charge in [-0.25, -0.2) is 0 Å². The molecule has 2 N–H and O–H groups in total. The van der Waals surface area contributed by atoms with E-state index < -0.39 is 0 Å². The zero-order chi connectivity index (χ0) is 12.7. The number of likely N-dealkylation sites (tertiary alicyclic amines) is 1. The predicted molar refractivity (Wildman–Crippen MR) is 79.6 cm³/mol. The van der Waals surface area contributed by atoms with E-state index in [1.807, 2.05) is 11.8 Å². The Labute approximate surface area is 112 Å². The van der Waals surface area contributed by atoms with Gasteiger partial charge in [-0.1, -0.05) is 13.8 Å². The summed E-state index contributed by atoms with van der Waals surface area (Å²) in [7, 11) is 0. The first-order chi connectivity index (χ1) is 8.19. The molecule has 102 valence electrons. The molecule has 2 atom stereocenters. The highest BCUT2D eigenvalue weighted by Gasteiger charge is 2.23. The minimum atomic E-state index is 0.619. The maximum Gasteiger partial charge on any atom is 0.0226 e. The van der Waals surface area contributed by atoms with Gasteiger partial charge in [0.05, 0.1) is 0 Å². The Morgan fingerprint density at radius 3 is 2.65 bits per heavy atom. The van der Waals surface area contributed by atoms with E-state index >= 15 is 0 Å². The molecule has 0 spiro atoms. The second-order valence-corrected chi connectivity index (χ2v) is 6.63. The maximum atomic E-state index is 5.94. The monoisotopic (exact) mass is 258 g/mol. The molecule has 0 aliphatic carbocycles. The second kappa shape index (κ2) is 8.39. The molecule has 1 heterocycles. The highest BCUT2D eigenvalue weighted by atomic mass is 32.2. The lowest BCUT2D eigenvalue weighted by Crippen LogP contribution is -2.41. The van der Waals surface area contributed by atoms with Crippen LogP contribution < -0.4 is 5.73 Å². The first-order valence-electron chi connectivity index (χ1n) is 7.12. The van der Waals surface area contributed by atoms with E-state index in [0.717, 1.165) is 18.4 Å². The van der Waals surface area contributed by atoms with Crippen molar-refractivity contribution in [1.82, 2.24) is 4.90 Å². The fourth-order valence-corrected chi connectivity index (χ4v) is 3.39. The molecule has 1 aliphatic heterocycles. The van der Waals surface area contributed by atoms with E-state index in [1.54, 1.807) is 0 Å². The predicted octanol–water partition coefficient (Wildman–Crippen LogP) is 2.82. The van der Waals surface area contributed by atoms with Gasteiger partial charge in [0.2, 0.25) is 0 Å². The second-order valence-electron chi connectivity index (χ2n) is 5.64. The third-order valence-corrected chi connectivity index (χ3v) is 4.84. The van der Waals surface area contributed by atoms with E-state index in [4.69, 9.17) is 5.73 Å². The molecule has 0 saturated carbocycles. The van der Waals surface area contributed by atoms with Crippen molar-refractivity contribution in [1.29, 1.82) is 0 Å². The summed E-state index contributed by atoms with van der Waals surface area (Å²) in [5.41, 5.74) is 5.94. The average Bonchev–Trinajstić information content (AvgIpc) is 2.56. The number of hydrogen-bond acceptors (Lipinski definition) is 3. The lowest BCUT2D eigenvalue weighted by Gasteiger charge is -2.29. The molecule has 1 fully saturated rings. The van der Waals surface area contributed by atoms with Gasteiger partial charge < -0.3 is 5.73 Å². The van der Waals surface area contributed by atoms with Gasteiger partial charge in [-0.05, 0) is 62.6 Å². The Morgan fingerprint density at radius 1 is 1.29 bits per heavy atom. The fraction of sp³-hybridized carbons (Fsp3) is 1.00. The van der Waals surface area contributed by atoms with Gasteiger partial charge in [-0.2, -0.15) is 11.8 Å². The summed E-state index contributed by atoms with van der Waals surface area (Å²) >= 11 is 1.94. The van der Waals surface area contributed by atoms with Crippen molar-refractivity contribution in [2.75, 3.05) is 31.6 Å². The van der Waals surface area contributed by atoms with Crippen molar-refractivity contribution in [2.24, 2.45) is 17.6 Å². The first-order valence-corrected chi connectivity index (χ1v) is 8.51. The van der Waals surface area contributed by atoms with Crippen LogP contribution in [0.5, 0.6) is 0 Å². The Bertz CT molecular complexity index is 197. The molecular weight excluding hydrogens is 228 g/mol. The molecular formula is C14H30N2S. The molecule has 0 aromatic heterocycles. The molecule has 1 rings (SSSR count). The molecule has 2 unspecified atom stereocenters. The number of nitrogens with two attached hydrogens (primary N) is 1. The number of thioether (sulfide) groups is 1. The van der Waals surface area contributed by atoms with Crippen LogP contribution in [0.25, 0.3) is 0 Å². The van der Waals surface area contributed by atoms with Crippen LogP contribution in [0.1, 0.15) is 39.5 Å². The Hall–Kier alpha value is 0.270. The minimum Gasteiger partial charge on any atom is -0.329 e. The van der Waals surface area contributed by atoms with Crippen LogP contribution in [0.3, 0.4) is 0 Å². The van der Waals surface area contributed by atoms with Crippen molar-refractivity contribution in [3.05, 3.63) is 0 Å². The first kappa shape index (κ1) is 15.3. The van der Waals surface area contributed by atoms with Crippen LogP contribution in [0.15, 0.2) is 0 Å².